The van der Waals surface area contributed by atoms with E-state index in [2.05, 4.69) is 4.72 Å². The Morgan fingerprint density at radius 3 is 2.65 bits per heavy atom. The summed E-state index contributed by atoms with van der Waals surface area (Å²) in [5.74, 6) is 0.326. The van der Waals surface area contributed by atoms with Gasteiger partial charge < -0.3 is 14.6 Å². The summed E-state index contributed by atoms with van der Waals surface area (Å²) in [5, 5.41) is 9.57. The average molecular weight is 468 g/mol. The van der Waals surface area contributed by atoms with Gasteiger partial charge in [0.05, 0.1) is 18.6 Å². The van der Waals surface area contributed by atoms with Gasteiger partial charge in [-0.25, -0.2) is 13.1 Å². The predicted octanol–water partition coefficient (Wildman–Crippen LogP) is 2.65. The van der Waals surface area contributed by atoms with Crippen LogP contribution in [0.1, 0.15) is 29.5 Å². The van der Waals surface area contributed by atoms with Crippen LogP contribution in [0.15, 0.2) is 41.3 Å². The number of benzene rings is 2. The number of rotatable bonds is 9. The highest BCUT2D eigenvalue weighted by molar-refractivity contribution is 7.89. The molecule has 0 radical (unpaired) electrons. The van der Waals surface area contributed by atoms with Gasteiger partial charge in [-0.15, -0.1) is 0 Å². The summed E-state index contributed by atoms with van der Waals surface area (Å²) in [4.78, 5) is 11.8. The van der Waals surface area contributed by atoms with E-state index in [1.807, 2.05) is 12.1 Å². The zero-order valence-corrected chi connectivity index (χ0v) is 18.8. The first-order valence-corrected chi connectivity index (χ1v) is 11.9. The van der Waals surface area contributed by atoms with Crippen LogP contribution in [0.5, 0.6) is 5.75 Å². The molecule has 0 saturated carbocycles. The second-order valence-corrected chi connectivity index (χ2v) is 9.49. The fourth-order valence-corrected chi connectivity index (χ4v) is 5.20. The van der Waals surface area contributed by atoms with Gasteiger partial charge in [0.15, 0.2) is 0 Å². The quantitative estimate of drug-likeness (QED) is 0.550. The maximum absolute atomic E-state index is 12.7. The molecule has 2 aromatic carbocycles. The lowest BCUT2D eigenvalue weighted by Gasteiger charge is -2.28. The van der Waals surface area contributed by atoms with Gasteiger partial charge in [-0.3, -0.25) is 4.79 Å². The van der Waals surface area contributed by atoms with Crippen molar-refractivity contribution in [1.82, 2.24) is 4.72 Å². The van der Waals surface area contributed by atoms with Crippen molar-refractivity contribution in [3.8, 4) is 5.75 Å². The number of aliphatic hydroxyl groups excluding tert-OH is 1. The van der Waals surface area contributed by atoms with Crippen molar-refractivity contribution < 1.29 is 27.8 Å². The Hall–Kier alpha value is -2.13. The van der Waals surface area contributed by atoms with Gasteiger partial charge in [-0.2, -0.15) is 0 Å². The Balaban J connectivity index is 1.79. The van der Waals surface area contributed by atoms with Crippen LogP contribution in [0.2, 0.25) is 5.02 Å². The second kappa shape index (κ2) is 10.5. The summed E-state index contributed by atoms with van der Waals surface area (Å²) >= 11 is 5.86. The Labute approximate surface area is 187 Å². The Bertz CT molecular complexity index is 1020. The van der Waals surface area contributed by atoms with Gasteiger partial charge in [-0.05, 0) is 72.7 Å². The summed E-state index contributed by atoms with van der Waals surface area (Å²) in [5.41, 5.74) is 3.00. The Morgan fingerprint density at radius 1 is 1.23 bits per heavy atom. The molecule has 2 N–H and O–H groups in total. The highest BCUT2D eigenvalue weighted by Gasteiger charge is 2.27. The van der Waals surface area contributed by atoms with Gasteiger partial charge in [0.25, 0.3) is 0 Å². The largest absolute Gasteiger partial charge is 0.491 e. The van der Waals surface area contributed by atoms with E-state index in [4.69, 9.17) is 26.2 Å². The third kappa shape index (κ3) is 5.98. The number of carbonyl (C=O) groups is 1. The first-order chi connectivity index (χ1) is 14.8. The van der Waals surface area contributed by atoms with Crippen molar-refractivity contribution in [2.24, 2.45) is 0 Å². The van der Waals surface area contributed by atoms with Crippen LogP contribution in [0.25, 0.3) is 0 Å². The lowest BCUT2D eigenvalue weighted by molar-refractivity contribution is -0.140. The molecule has 0 heterocycles. The van der Waals surface area contributed by atoms with Crippen LogP contribution >= 0.6 is 11.6 Å². The van der Waals surface area contributed by atoms with Crippen molar-refractivity contribution in [1.29, 1.82) is 0 Å². The molecule has 0 fully saturated rings. The number of fused-ring (bicyclic) bond motifs is 1. The maximum Gasteiger partial charge on any atom is 0.305 e. The summed E-state index contributed by atoms with van der Waals surface area (Å²) in [6.07, 6.45) is 2.48. The summed E-state index contributed by atoms with van der Waals surface area (Å²) in [6.45, 7) is 0.0512. The van der Waals surface area contributed by atoms with Gasteiger partial charge in [0.2, 0.25) is 10.0 Å². The fraction of sp³-hybridized carbons (Fsp3) is 0.409. The molecule has 31 heavy (non-hydrogen) atoms. The molecule has 1 atom stereocenters. The van der Waals surface area contributed by atoms with Crippen molar-refractivity contribution in [3.05, 3.63) is 58.1 Å². The number of methoxy groups -OCH3 is 1. The van der Waals surface area contributed by atoms with E-state index >= 15 is 0 Å². The van der Waals surface area contributed by atoms with E-state index in [1.54, 1.807) is 12.1 Å². The number of sulfonamides is 1. The van der Waals surface area contributed by atoms with Crippen LogP contribution in [0, 0.1) is 0 Å². The highest BCUT2D eigenvalue weighted by atomic mass is 35.5. The molecule has 0 spiro atoms. The molecule has 1 aliphatic carbocycles. The van der Waals surface area contributed by atoms with Crippen molar-refractivity contribution in [2.75, 3.05) is 20.3 Å². The fourth-order valence-electron chi connectivity index (χ4n) is 3.80. The van der Waals surface area contributed by atoms with Crippen molar-refractivity contribution >= 4 is 27.6 Å². The van der Waals surface area contributed by atoms with Crippen LogP contribution in [0.4, 0.5) is 0 Å². The van der Waals surface area contributed by atoms with Crippen LogP contribution in [-0.2, 0) is 38.8 Å². The number of aliphatic hydroxyl groups is 1. The maximum atomic E-state index is 12.7. The van der Waals surface area contributed by atoms with E-state index in [0.717, 1.165) is 16.7 Å². The number of carbonyl (C=O) groups excluding carboxylic acids is 1. The molecule has 1 unspecified atom stereocenters. The van der Waals surface area contributed by atoms with E-state index < -0.39 is 10.0 Å². The van der Waals surface area contributed by atoms with Gasteiger partial charge in [0, 0.05) is 17.5 Å². The Morgan fingerprint density at radius 2 is 1.97 bits per heavy atom. The second-order valence-electron chi connectivity index (χ2n) is 7.34. The van der Waals surface area contributed by atoms with E-state index in [9.17, 15) is 13.2 Å². The monoisotopic (exact) mass is 467 g/mol. The molecule has 168 valence electrons. The molecular formula is C22H26ClNO6S. The topological polar surface area (TPSA) is 102 Å². The molecule has 7 nitrogen and oxygen atoms in total. The number of nitrogens with one attached hydrogen (secondary N) is 1. The minimum Gasteiger partial charge on any atom is -0.491 e. The number of esters is 1. The molecule has 9 heteroatoms. The van der Waals surface area contributed by atoms with Crippen LogP contribution in [0.3, 0.4) is 0 Å². The third-order valence-corrected chi connectivity index (χ3v) is 7.08. The van der Waals surface area contributed by atoms with Gasteiger partial charge >= 0.3 is 5.97 Å². The molecule has 2 aromatic rings. The van der Waals surface area contributed by atoms with E-state index in [0.29, 0.717) is 36.5 Å². The zero-order valence-electron chi connectivity index (χ0n) is 17.3. The zero-order chi connectivity index (χ0) is 22.4. The van der Waals surface area contributed by atoms with Crippen LogP contribution < -0.4 is 9.46 Å². The molecule has 0 saturated heterocycles. The molecular weight excluding hydrogens is 442 g/mol. The minimum atomic E-state index is -3.66. The summed E-state index contributed by atoms with van der Waals surface area (Å²) in [6, 6.07) is 9.56. The summed E-state index contributed by atoms with van der Waals surface area (Å²) in [7, 11) is -2.31. The normalized spacial score (nSPS) is 15.9. The first-order valence-electron chi connectivity index (χ1n) is 10.1. The molecule has 3 rings (SSSR count). The SMILES string of the molecule is COC(=O)CCc1c(OCCO)ccc2c1CCC(NS(=O)(=O)c1ccc(Cl)cc1)C2. The average Bonchev–Trinajstić information content (AvgIpc) is 2.76. The van der Waals surface area contributed by atoms with Crippen molar-refractivity contribution in [2.45, 2.75) is 43.0 Å². The lowest BCUT2D eigenvalue weighted by atomic mass is 9.84. The van der Waals surface area contributed by atoms with E-state index in [-0.39, 0.29) is 36.5 Å². The Kier molecular flexibility index (Phi) is 7.94. The van der Waals surface area contributed by atoms with Crippen molar-refractivity contribution in [3.63, 3.8) is 0 Å². The molecule has 0 bridgehead atoms. The molecule has 0 aliphatic heterocycles. The molecule has 0 aromatic heterocycles. The van der Waals surface area contributed by atoms with Crippen LogP contribution in [-0.4, -0.2) is 45.9 Å². The first kappa shape index (κ1) is 23.5. The lowest BCUT2D eigenvalue weighted by Crippen LogP contribution is -2.39. The van der Waals surface area contributed by atoms with E-state index in [1.165, 1.54) is 19.2 Å². The summed E-state index contributed by atoms with van der Waals surface area (Å²) < 4.78 is 38.7. The molecule has 1 aliphatic rings. The standard InChI is InChI=1S/C22H26ClNO6S/c1-29-22(26)11-9-20-19-8-5-17(14-15(19)2-10-21(20)30-13-12-25)24-31(27,28)18-6-3-16(23)4-7-18/h2-4,6-7,10,17,24-25H,5,8-9,11-14H2,1H3. The number of halogens is 1. The van der Waals surface area contributed by atoms with Gasteiger partial charge in [0.1, 0.15) is 12.4 Å². The third-order valence-electron chi connectivity index (χ3n) is 5.30. The molecule has 0 amide bonds. The number of hydrogen-bond donors (Lipinski definition) is 2. The number of ether oxygens (including phenoxy) is 2. The minimum absolute atomic E-state index is 0.109. The van der Waals surface area contributed by atoms with Gasteiger partial charge in [-0.1, -0.05) is 17.7 Å². The highest BCUT2D eigenvalue weighted by Crippen LogP contribution is 2.33. The predicted molar refractivity (Wildman–Crippen MR) is 117 cm³/mol. The number of hydrogen-bond acceptors (Lipinski definition) is 6. The smallest absolute Gasteiger partial charge is 0.305 e.